The first-order valence-corrected chi connectivity index (χ1v) is 17.1. The summed E-state index contributed by atoms with van der Waals surface area (Å²) in [4.78, 5) is 0. The van der Waals surface area contributed by atoms with Gasteiger partial charge in [-0.2, -0.15) is 0 Å². The molecule has 0 N–H and O–H groups in total. The van der Waals surface area contributed by atoms with Gasteiger partial charge in [0.1, 0.15) is 0 Å². The van der Waals surface area contributed by atoms with Gasteiger partial charge in [-0.1, -0.05) is 109 Å². The third-order valence-electron chi connectivity index (χ3n) is 12.5. The fourth-order valence-electron chi connectivity index (χ4n) is 11.1. The first-order valence-electron chi connectivity index (χ1n) is 17.1. The first-order chi connectivity index (χ1) is 23.8. The van der Waals surface area contributed by atoms with Crippen LogP contribution in [0.5, 0.6) is 0 Å². The quantitative estimate of drug-likeness (QED) is 0.202. The van der Waals surface area contributed by atoms with Gasteiger partial charge in [-0.05, 0) is 57.4 Å². The molecule has 3 nitrogen and oxygen atoms in total. The monoisotopic (exact) mass is 603 g/mol. The molecule has 7 aromatic carbocycles. The van der Waals surface area contributed by atoms with Crippen LogP contribution in [0, 0.1) is 6.92 Å². The predicted octanol–water partition coefficient (Wildman–Crippen LogP) is 5.57. The van der Waals surface area contributed by atoms with Crippen molar-refractivity contribution in [1.82, 2.24) is 13.7 Å². The van der Waals surface area contributed by atoms with Crippen molar-refractivity contribution in [2.75, 3.05) is 0 Å². The van der Waals surface area contributed by atoms with Crippen molar-refractivity contribution < 1.29 is 0 Å². The third-order valence-corrected chi connectivity index (χ3v) is 12.5. The van der Waals surface area contributed by atoms with Crippen LogP contribution in [0.25, 0.3) is 82.5 Å². The lowest BCUT2D eigenvalue weighted by Crippen LogP contribution is -2.66. The number of hydrogen-bond acceptors (Lipinski definition) is 0. The fraction of sp³-hybridized carbons (Fsp3) is 0.0233. The molecule has 14 rings (SSSR count). The van der Waals surface area contributed by atoms with Crippen molar-refractivity contribution in [1.29, 1.82) is 0 Å². The second-order valence-electron chi connectivity index (χ2n) is 14.4. The maximum Gasteiger partial charge on any atom is 0.252 e. The number of nitrogens with zero attached hydrogens (tertiary/aromatic N) is 3. The molecule has 10 aromatic rings. The highest BCUT2D eigenvalue weighted by Crippen LogP contribution is 2.44. The molecule has 0 bridgehead atoms. The van der Waals surface area contributed by atoms with Crippen LogP contribution in [0.4, 0.5) is 0 Å². The summed E-state index contributed by atoms with van der Waals surface area (Å²) < 4.78 is 7.98. The Morgan fingerprint density at radius 1 is 0.354 bits per heavy atom. The molecule has 0 unspecified atom stereocenters. The number of rotatable bonds is 0. The molecule has 48 heavy (non-hydrogen) atoms. The lowest BCUT2D eigenvalue weighted by molar-refractivity contribution is 1.08. The summed E-state index contributed by atoms with van der Waals surface area (Å²) in [5.74, 6) is 0. The number of fused-ring (bicyclic) bond motifs is 13. The Morgan fingerprint density at radius 3 is 1.15 bits per heavy atom. The number of aromatic nitrogens is 3. The molecule has 0 radical (unpaired) electrons. The van der Waals surface area contributed by atoms with Crippen LogP contribution in [0.3, 0.4) is 0 Å². The highest BCUT2D eigenvalue weighted by Gasteiger charge is 2.49. The topological polar surface area (TPSA) is 14.8 Å². The van der Waals surface area contributed by atoms with Crippen LogP contribution in [0.2, 0.25) is 0 Å². The van der Waals surface area contributed by atoms with Crippen molar-refractivity contribution in [3.63, 3.8) is 0 Å². The second kappa shape index (κ2) is 7.30. The molecular weight excluding hydrogens is 580 g/mol. The SMILES string of the molecule is Cc1c2c3c4c5c1-n1c6ccccc6c6cccc(c61)B5c1cccc5c6cccc(c6n-4c15)B3c1cccc3c4ccccc4n-2c13. The van der Waals surface area contributed by atoms with Gasteiger partial charge in [0, 0.05) is 71.4 Å². The molecule has 0 spiro atoms. The molecule has 0 fully saturated rings. The Bertz CT molecular complexity index is 3050. The Kier molecular flexibility index (Phi) is 3.56. The Labute approximate surface area is 275 Å². The molecule has 0 aliphatic carbocycles. The van der Waals surface area contributed by atoms with Crippen molar-refractivity contribution >= 4 is 112 Å². The Balaban J connectivity index is 1.35. The molecule has 0 amide bonds. The van der Waals surface area contributed by atoms with Crippen molar-refractivity contribution in [3.8, 4) is 17.1 Å². The lowest BCUT2D eigenvalue weighted by Gasteiger charge is -2.42. The maximum atomic E-state index is 2.70. The van der Waals surface area contributed by atoms with Crippen LogP contribution < -0.4 is 32.8 Å². The van der Waals surface area contributed by atoms with Crippen LogP contribution >= 0.6 is 0 Å². The minimum Gasteiger partial charge on any atom is -0.311 e. The minimum absolute atomic E-state index is 0.154. The van der Waals surface area contributed by atoms with Crippen LogP contribution in [0.1, 0.15) is 5.56 Å². The summed E-state index contributed by atoms with van der Waals surface area (Å²) in [6.45, 7) is 2.72. The first kappa shape index (κ1) is 23.4. The molecule has 3 aromatic heterocycles. The minimum atomic E-state index is 0.154. The molecular formula is C43H23B2N3. The van der Waals surface area contributed by atoms with Crippen molar-refractivity contribution in [3.05, 3.63) is 127 Å². The summed E-state index contributed by atoms with van der Waals surface area (Å²) in [6.07, 6.45) is 0. The molecule has 7 heterocycles. The Hall–Kier alpha value is -5.93. The second-order valence-corrected chi connectivity index (χ2v) is 14.4. The Morgan fingerprint density at radius 2 is 0.708 bits per heavy atom. The van der Waals surface area contributed by atoms with Gasteiger partial charge in [-0.3, -0.25) is 0 Å². The average Bonchev–Trinajstić information content (AvgIpc) is 3.78. The summed E-state index contributed by atoms with van der Waals surface area (Å²) in [7, 11) is 0. The van der Waals surface area contributed by atoms with E-state index >= 15 is 0 Å². The maximum absolute atomic E-state index is 2.70. The number of para-hydroxylation sites is 6. The van der Waals surface area contributed by atoms with Gasteiger partial charge in [0.2, 0.25) is 0 Å². The highest BCUT2D eigenvalue weighted by molar-refractivity contribution is 7.04. The molecule has 0 saturated heterocycles. The zero-order valence-corrected chi connectivity index (χ0v) is 26.0. The summed E-state index contributed by atoms with van der Waals surface area (Å²) in [5, 5.41) is 8.08. The van der Waals surface area contributed by atoms with Crippen LogP contribution in [-0.2, 0) is 0 Å². The molecule has 216 valence electrons. The molecule has 4 aliphatic heterocycles. The van der Waals surface area contributed by atoms with E-state index in [-0.39, 0.29) is 13.4 Å². The van der Waals surface area contributed by atoms with E-state index in [0.29, 0.717) is 0 Å². The fourth-order valence-corrected chi connectivity index (χ4v) is 11.1. The van der Waals surface area contributed by atoms with E-state index in [1.54, 1.807) is 0 Å². The van der Waals surface area contributed by atoms with Gasteiger partial charge < -0.3 is 13.7 Å². The van der Waals surface area contributed by atoms with Gasteiger partial charge in [0.05, 0.1) is 11.0 Å². The molecule has 0 atom stereocenters. The highest BCUT2D eigenvalue weighted by atomic mass is 15.1. The standard InChI is InChI=1S/C43H23B2N3/c1-22-37-35-43-36-38(22)47-34-21-5-3-11-24(34)26-13-7-17-30(40(26)47)45(36)32-19-9-15-28-27-14-8-18-31(41(27)48(43)42(28)32)44(35)29-16-6-12-25-23-10-2-4-20-33(23)46(37)39(25)29/h2-21H,1H3. The summed E-state index contributed by atoms with van der Waals surface area (Å²) in [6, 6.07) is 46.3. The lowest BCUT2D eigenvalue weighted by atomic mass is 9.30. The number of benzene rings is 7. The van der Waals surface area contributed by atoms with Gasteiger partial charge >= 0.3 is 0 Å². The van der Waals surface area contributed by atoms with E-state index in [1.807, 2.05) is 0 Å². The summed E-state index contributed by atoms with van der Waals surface area (Å²) in [5.41, 5.74) is 22.2. The van der Waals surface area contributed by atoms with E-state index in [2.05, 4.69) is 142 Å². The van der Waals surface area contributed by atoms with E-state index in [0.717, 1.165) is 0 Å². The molecule has 5 heteroatoms. The van der Waals surface area contributed by atoms with Gasteiger partial charge in [-0.15, -0.1) is 0 Å². The van der Waals surface area contributed by atoms with Crippen LogP contribution in [-0.4, -0.2) is 27.1 Å². The summed E-state index contributed by atoms with van der Waals surface area (Å²) >= 11 is 0. The van der Waals surface area contributed by atoms with Crippen molar-refractivity contribution in [2.24, 2.45) is 0 Å². The van der Waals surface area contributed by atoms with E-state index in [9.17, 15) is 0 Å². The van der Waals surface area contributed by atoms with E-state index in [4.69, 9.17) is 0 Å². The van der Waals surface area contributed by atoms with Crippen molar-refractivity contribution in [2.45, 2.75) is 6.92 Å². The zero-order chi connectivity index (χ0) is 30.7. The molecule has 0 saturated carbocycles. The van der Waals surface area contributed by atoms with Gasteiger partial charge in [0.15, 0.2) is 0 Å². The average molecular weight is 603 g/mol. The predicted molar refractivity (Wildman–Crippen MR) is 204 cm³/mol. The van der Waals surface area contributed by atoms with Gasteiger partial charge in [0.25, 0.3) is 13.4 Å². The third kappa shape index (κ3) is 2.17. The number of hydrogen-bond donors (Lipinski definition) is 0. The van der Waals surface area contributed by atoms with E-state index in [1.165, 1.54) is 121 Å². The molecule has 4 aliphatic rings. The zero-order valence-electron chi connectivity index (χ0n) is 26.0. The van der Waals surface area contributed by atoms with E-state index < -0.39 is 0 Å². The largest absolute Gasteiger partial charge is 0.311 e. The van der Waals surface area contributed by atoms with Crippen LogP contribution in [0.15, 0.2) is 121 Å². The van der Waals surface area contributed by atoms with Gasteiger partial charge in [-0.25, -0.2) is 0 Å². The normalized spacial score (nSPS) is 14.3. The smallest absolute Gasteiger partial charge is 0.252 e.